The van der Waals surface area contributed by atoms with Crippen LogP contribution in [0.25, 0.3) is 0 Å². The van der Waals surface area contributed by atoms with Crippen molar-refractivity contribution in [1.82, 2.24) is 0 Å². The maximum Gasteiger partial charge on any atom is 0.326 e. The lowest BCUT2D eigenvalue weighted by atomic mass is 9.39. The molecule has 0 saturated heterocycles. The first kappa shape index (κ1) is 26.1. The molecule has 0 aliphatic heterocycles. The van der Waals surface area contributed by atoms with Gasteiger partial charge in [-0.3, -0.25) is 14.4 Å². The van der Waals surface area contributed by atoms with Gasteiger partial charge in [0, 0.05) is 0 Å². The Hall–Kier alpha value is -2.11. The minimum absolute atomic E-state index is 5.11. The molecule has 0 radical (unpaired) electrons. The molecule has 0 heterocycles. The van der Waals surface area contributed by atoms with Gasteiger partial charge in [0.15, 0.2) is 0 Å². The van der Waals surface area contributed by atoms with Crippen LogP contribution in [0.1, 0.15) is 0 Å². The third kappa shape index (κ3) is 1.80. The van der Waals surface area contributed by atoms with Crippen molar-refractivity contribution in [3.63, 3.8) is 0 Å². The lowest BCUT2D eigenvalue weighted by Gasteiger charge is -2.67. The molecule has 2 atom stereocenters. The molecule has 2 saturated carbocycles. The maximum absolute atomic E-state index is 14.7. The Kier molecular flexibility index (Phi) is 4.95. The van der Waals surface area contributed by atoms with E-state index in [0.29, 0.717) is 0 Å². The van der Waals surface area contributed by atoms with Crippen LogP contribution in [0.2, 0.25) is 0 Å². The lowest BCUT2D eigenvalue weighted by molar-refractivity contribution is -0.512. The fourth-order valence-corrected chi connectivity index (χ4v) is 4.27. The minimum Gasteiger partial charge on any atom is -0.260 e. The van der Waals surface area contributed by atoms with Crippen LogP contribution < -0.4 is 0 Å². The number of hydrogen-bond donors (Lipinski definition) is 0. The highest BCUT2D eigenvalue weighted by Gasteiger charge is 3.13. The van der Waals surface area contributed by atoms with Crippen molar-refractivity contribution in [2.24, 2.45) is 16.2 Å². The summed E-state index contributed by atoms with van der Waals surface area (Å²) < 4.78 is 225. The summed E-state index contributed by atoms with van der Waals surface area (Å²) in [5.41, 5.74) is -23.3. The van der Waals surface area contributed by atoms with Gasteiger partial charge in [0.1, 0.15) is 0 Å². The molecule has 19 heteroatoms. The molecule has 2 bridgehead atoms. The summed E-state index contributed by atoms with van der Waals surface area (Å²) in [6.07, 6.45) is -12.8. The van der Waals surface area contributed by atoms with Crippen LogP contribution in [0, 0.1) is 16.2 Å². The second-order valence-corrected chi connectivity index (χ2v) is 6.76. The van der Waals surface area contributed by atoms with E-state index in [1.807, 2.05) is 0 Å². The van der Waals surface area contributed by atoms with Crippen LogP contribution in [-0.2, 0) is 14.4 Å². The van der Waals surface area contributed by atoms with Gasteiger partial charge in [-0.1, -0.05) is 0 Å². The largest absolute Gasteiger partial charge is 0.326 e. The van der Waals surface area contributed by atoms with Gasteiger partial charge >= 0.3 is 47.7 Å². The molecule has 2 aliphatic rings. The minimum atomic E-state index is -8.18. The summed E-state index contributed by atoms with van der Waals surface area (Å²) in [6.45, 7) is 0. The van der Waals surface area contributed by atoms with E-state index in [0.717, 1.165) is 0 Å². The molecule has 0 spiro atoms. The Balaban J connectivity index is 3.53. The van der Waals surface area contributed by atoms with E-state index in [1.165, 1.54) is 0 Å². The fourth-order valence-electron chi connectivity index (χ4n) is 4.27. The quantitative estimate of drug-likeness (QED) is 0.420. The molecule has 0 aromatic carbocycles. The highest BCUT2D eigenvalue weighted by molar-refractivity contribution is 5.93. The highest BCUT2D eigenvalue weighted by atomic mass is 19.3. The standard InChI is InChI=1S/C13H2F16O3/c14-1-9(20,21)7(4(18)31)11(24,25)6(2(15)16,3(17)30)12(26,27)8(5(19)32,10(1,22)23)13(7,28)29/h1-2H. The van der Waals surface area contributed by atoms with E-state index in [2.05, 4.69) is 0 Å². The van der Waals surface area contributed by atoms with Crippen molar-refractivity contribution in [3.8, 4) is 0 Å². The van der Waals surface area contributed by atoms with Gasteiger partial charge in [-0.25, -0.2) is 57.1 Å². The molecule has 2 aliphatic carbocycles. The Labute approximate surface area is 162 Å². The average molecular weight is 510 g/mol. The Morgan fingerprint density at radius 3 is 1.03 bits per heavy atom. The smallest absolute Gasteiger partial charge is 0.260 e. The SMILES string of the molecule is O=C(F)C1(C(F)F)C(F)(F)C2(C(=O)F)C(F)(F)C(F)C(F)(F)C(C(=O)F)(C1(F)F)C2(F)F. The summed E-state index contributed by atoms with van der Waals surface area (Å²) >= 11 is 0. The van der Waals surface area contributed by atoms with E-state index in [1.54, 1.807) is 0 Å². The van der Waals surface area contributed by atoms with Crippen LogP contribution >= 0.6 is 0 Å². The molecule has 2 unspecified atom stereocenters. The second kappa shape index (κ2) is 6.06. The molecule has 0 amide bonds. The van der Waals surface area contributed by atoms with E-state index < -0.39 is 76.6 Å². The number of halogens is 16. The topological polar surface area (TPSA) is 51.2 Å². The molecular weight excluding hydrogens is 508 g/mol. The first-order valence-corrected chi connectivity index (χ1v) is 7.34. The van der Waals surface area contributed by atoms with Crippen molar-refractivity contribution in [2.75, 3.05) is 0 Å². The third-order valence-corrected chi connectivity index (χ3v) is 5.74. The number of hydrogen-bond acceptors (Lipinski definition) is 3. The molecular formula is C13H2F16O3. The molecule has 184 valence electrons. The summed E-state index contributed by atoms with van der Waals surface area (Å²) in [7, 11) is 0. The van der Waals surface area contributed by atoms with Crippen molar-refractivity contribution < 1.29 is 84.6 Å². The van der Waals surface area contributed by atoms with Crippen molar-refractivity contribution in [1.29, 1.82) is 0 Å². The van der Waals surface area contributed by atoms with Gasteiger partial charge < -0.3 is 0 Å². The zero-order valence-corrected chi connectivity index (χ0v) is 13.9. The van der Waals surface area contributed by atoms with Gasteiger partial charge in [-0.05, 0) is 0 Å². The Bertz CT molecular complexity index is 821. The second-order valence-electron chi connectivity index (χ2n) is 6.76. The van der Waals surface area contributed by atoms with Crippen LogP contribution in [-0.4, -0.2) is 60.3 Å². The lowest BCUT2D eigenvalue weighted by Crippen LogP contribution is -2.96. The van der Waals surface area contributed by atoms with Gasteiger partial charge in [0.25, 0.3) is 17.3 Å². The normalized spacial score (nSPS) is 40.6. The van der Waals surface area contributed by atoms with Crippen LogP contribution in [0.5, 0.6) is 0 Å². The molecule has 0 aromatic rings. The van der Waals surface area contributed by atoms with E-state index >= 15 is 0 Å². The van der Waals surface area contributed by atoms with E-state index in [-0.39, 0.29) is 0 Å². The first-order valence-electron chi connectivity index (χ1n) is 7.34. The number of carbonyl (C=O) groups is 3. The summed E-state index contributed by atoms with van der Waals surface area (Å²) in [4.78, 5) is 32.8. The van der Waals surface area contributed by atoms with Crippen molar-refractivity contribution in [2.45, 2.75) is 42.2 Å². The first-order chi connectivity index (χ1) is 13.9. The third-order valence-electron chi connectivity index (χ3n) is 5.74. The average Bonchev–Trinajstić information content (AvgIpc) is 2.48. The van der Waals surface area contributed by atoms with Gasteiger partial charge in [-0.15, -0.1) is 0 Å². The van der Waals surface area contributed by atoms with Crippen molar-refractivity contribution in [3.05, 3.63) is 0 Å². The fraction of sp³-hybridized carbons (Fsp3) is 0.769. The zero-order chi connectivity index (χ0) is 25.9. The van der Waals surface area contributed by atoms with Gasteiger partial charge in [-0.2, -0.15) is 13.2 Å². The van der Waals surface area contributed by atoms with Crippen LogP contribution in [0.15, 0.2) is 0 Å². The highest BCUT2D eigenvalue weighted by Crippen LogP contribution is 2.85. The predicted octanol–water partition coefficient (Wildman–Crippen LogP) is 4.24. The van der Waals surface area contributed by atoms with Gasteiger partial charge in [0.05, 0.1) is 0 Å². The number of carbonyl (C=O) groups excluding carboxylic acids is 3. The predicted molar refractivity (Wildman–Crippen MR) is 61.3 cm³/mol. The zero-order valence-electron chi connectivity index (χ0n) is 13.9. The monoisotopic (exact) mass is 510 g/mol. The van der Waals surface area contributed by atoms with Crippen LogP contribution in [0.3, 0.4) is 0 Å². The van der Waals surface area contributed by atoms with Crippen molar-refractivity contribution >= 4 is 18.1 Å². The Morgan fingerprint density at radius 2 is 0.844 bits per heavy atom. The number of rotatable bonds is 4. The summed E-state index contributed by atoms with van der Waals surface area (Å²) in [5.74, 6) is -40.0. The molecule has 32 heavy (non-hydrogen) atoms. The summed E-state index contributed by atoms with van der Waals surface area (Å²) in [6, 6.07) is -15.6. The molecule has 2 fully saturated rings. The van der Waals surface area contributed by atoms with E-state index in [4.69, 9.17) is 0 Å². The number of alkyl halides is 13. The summed E-state index contributed by atoms with van der Waals surface area (Å²) in [5, 5.41) is 0. The number of fused-ring (bicyclic) bond motifs is 2. The Morgan fingerprint density at radius 1 is 0.562 bits per heavy atom. The maximum atomic E-state index is 14.7. The van der Waals surface area contributed by atoms with E-state index in [9.17, 15) is 84.6 Å². The molecule has 3 nitrogen and oxygen atoms in total. The van der Waals surface area contributed by atoms with Gasteiger partial charge in [0.2, 0.25) is 11.6 Å². The molecule has 0 N–H and O–H groups in total. The molecule has 2 rings (SSSR count). The van der Waals surface area contributed by atoms with Crippen LogP contribution in [0.4, 0.5) is 70.2 Å². The molecule has 0 aromatic heterocycles.